The molecule has 2 N–H and O–H groups in total. The molecule has 196 valence electrons. The van der Waals surface area contributed by atoms with Gasteiger partial charge in [-0.1, -0.05) is 11.6 Å². The predicted octanol–water partition coefficient (Wildman–Crippen LogP) is 4.52. The molecular formula is C27H28ClN7O3. The van der Waals surface area contributed by atoms with E-state index in [2.05, 4.69) is 20.2 Å². The Bertz CT molecular complexity index is 1410. The molecule has 2 aliphatic heterocycles. The smallest absolute Gasteiger partial charge is 0.410 e. The summed E-state index contributed by atoms with van der Waals surface area (Å²) in [5.41, 5.74) is 2.29. The van der Waals surface area contributed by atoms with Crippen molar-refractivity contribution in [3.63, 3.8) is 0 Å². The van der Waals surface area contributed by atoms with Gasteiger partial charge >= 0.3 is 6.09 Å². The van der Waals surface area contributed by atoms with E-state index in [1.54, 1.807) is 24.3 Å². The van der Waals surface area contributed by atoms with Crippen molar-refractivity contribution >= 4 is 40.2 Å². The number of hydrogen-bond acceptors (Lipinski definition) is 8. The van der Waals surface area contributed by atoms with Gasteiger partial charge < -0.3 is 19.7 Å². The molecule has 0 unspecified atom stereocenters. The van der Waals surface area contributed by atoms with E-state index in [9.17, 15) is 4.79 Å². The molecule has 2 fully saturated rings. The lowest BCUT2D eigenvalue weighted by Crippen LogP contribution is -2.37. The van der Waals surface area contributed by atoms with E-state index in [-0.39, 0.29) is 0 Å². The van der Waals surface area contributed by atoms with Crippen molar-refractivity contribution in [1.29, 1.82) is 0 Å². The summed E-state index contributed by atoms with van der Waals surface area (Å²) < 4.78 is 13.0. The maximum absolute atomic E-state index is 12.3. The lowest BCUT2D eigenvalue weighted by atomic mass is 10.1. The standard InChI is InChI=1S/C27H28ClN7O3/c28-19-3-7-22(8-4-19)38-27(36)31-20-5-1-18(2-6-20)24-32-25(34-13-15-37-16-14-34)23-17-30-35(26(23)33-24)21-9-11-29-12-10-21/h1-8,17,21,29H,9-16H2,(H,31,36). The number of rotatable bonds is 5. The van der Waals surface area contributed by atoms with Gasteiger partial charge in [-0.2, -0.15) is 5.10 Å². The number of benzene rings is 2. The van der Waals surface area contributed by atoms with Gasteiger partial charge in [-0.25, -0.2) is 19.4 Å². The van der Waals surface area contributed by atoms with Crippen LogP contribution in [0.4, 0.5) is 16.3 Å². The third-order valence-electron chi connectivity index (χ3n) is 6.81. The topological polar surface area (TPSA) is 106 Å². The SMILES string of the molecule is O=C(Nc1ccc(-c2nc(N3CCOCC3)c3cnn(C4CCNCC4)c3n2)cc1)Oc1ccc(Cl)cc1. The summed E-state index contributed by atoms with van der Waals surface area (Å²) in [6.07, 6.45) is 3.33. The molecule has 2 aliphatic rings. The van der Waals surface area contributed by atoms with E-state index in [0.29, 0.717) is 41.5 Å². The summed E-state index contributed by atoms with van der Waals surface area (Å²) in [6, 6.07) is 14.3. The minimum absolute atomic E-state index is 0.298. The highest BCUT2D eigenvalue weighted by atomic mass is 35.5. The molecule has 1 amide bonds. The minimum Gasteiger partial charge on any atom is -0.410 e. The average molecular weight is 534 g/mol. The molecule has 2 aromatic heterocycles. The van der Waals surface area contributed by atoms with E-state index in [1.807, 2.05) is 30.5 Å². The maximum atomic E-state index is 12.3. The zero-order chi connectivity index (χ0) is 25.9. The van der Waals surface area contributed by atoms with Crippen LogP contribution in [0, 0.1) is 0 Å². The van der Waals surface area contributed by atoms with Gasteiger partial charge in [0.05, 0.1) is 30.8 Å². The van der Waals surface area contributed by atoms with Crippen LogP contribution in [0.2, 0.25) is 5.02 Å². The van der Waals surface area contributed by atoms with Crippen molar-refractivity contribution in [3.8, 4) is 17.1 Å². The van der Waals surface area contributed by atoms with E-state index in [0.717, 1.165) is 61.4 Å². The fraction of sp³-hybridized carbons (Fsp3) is 0.333. The Morgan fingerprint density at radius 3 is 2.50 bits per heavy atom. The summed E-state index contributed by atoms with van der Waals surface area (Å²) in [4.78, 5) is 24.5. The first-order valence-corrected chi connectivity index (χ1v) is 13.2. The third kappa shape index (κ3) is 5.28. The van der Waals surface area contributed by atoms with E-state index >= 15 is 0 Å². The number of anilines is 2. The molecule has 11 heteroatoms. The molecule has 0 saturated carbocycles. The van der Waals surface area contributed by atoms with Gasteiger partial charge in [-0.3, -0.25) is 5.32 Å². The molecule has 4 aromatic rings. The highest BCUT2D eigenvalue weighted by Gasteiger charge is 2.24. The van der Waals surface area contributed by atoms with Crippen LogP contribution in [0.25, 0.3) is 22.4 Å². The van der Waals surface area contributed by atoms with Gasteiger partial charge in [0, 0.05) is 29.4 Å². The molecule has 2 saturated heterocycles. The van der Waals surface area contributed by atoms with E-state index in [1.165, 1.54) is 0 Å². The Balaban J connectivity index is 1.28. The molecule has 0 atom stereocenters. The number of halogens is 1. The van der Waals surface area contributed by atoms with Gasteiger partial charge in [0.25, 0.3) is 0 Å². The Hall–Kier alpha value is -3.73. The number of fused-ring (bicyclic) bond motifs is 1. The van der Waals surface area contributed by atoms with Gasteiger partial charge in [0.15, 0.2) is 11.5 Å². The number of piperidine rings is 1. The molecule has 0 spiro atoms. The van der Waals surface area contributed by atoms with Crippen LogP contribution in [-0.2, 0) is 4.74 Å². The minimum atomic E-state index is -0.585. The van der Waals surface area contributed by atoms with Crippen molar-refractivity contribution in [1.82, 2.24) is 25.1 Å². The number of nitrogens with zero attached hydrogens (tertiary/aromatic N) is 5. The maximum Gasteiger partial charge on any atom is 0.417 e. The Morgan fingerprint density at radius 2 is 1.76 bits per heavy atom. The number of carbonyl (C=O) groups excluding carboxylic acids is 1. The van der Waals surface area contributed by atoms with Crippen molar-refractivity contribution in [2.75, 3.05) is 49.6 Å². The number of ether oxygens (including phenoxy) is 2. The van der Waals surface area contributed by atoms with Crippen molar-refractivity contribution in [3.05, 3.63) is 59.8 Å². The van der Waals surface area contributed by atoms with Crippen molar-refractivity contribution < 1.29 is 14.3 Å². The number of nitrogens with one attached hydrogen (secondary N) is 2. The first-order chi connectivity index (χ1) is 18.6. The molecule has 10 nitrogen and oxygen atoms in total. The summed E-state index contributed by atoms with van der Waals surface area (Å²) in [7, 11) is 0. The summed E-state index contributed by atoms with van der Waals surface area (Å²) in [5.74, 6) is 1.90. The van der Waals surface area contributed by atoms with E-state index in [4.69, 9.17) is 36.1 Å². The largest absolute Gasteiger partial charge is 0.417 e. The second-order valence-corrected chi connectivity index (χ2v) is 9.76. The van der Waals surface area contributed by atoms with Crippen LogP contribution >= 0.6 is 11.6 Å². The Morgan fingerprint density at radius 1 is 1.03 bits per heavy atom. The van der Waals surface area contributed by atoms with Crippen LogP contribution in [0.5, 0.6) is 5.75 Å². The zero-order valence-electron chi connectivity index (χ0n) is 20.8. The van der Waals surface area contributed by atoms with Crippen LogP contribution in [0.3, 0.4) is 0 Å². The van der Waals surface area contributed by atoms with Crippen LogP contribution in [0.1, 0.15) is 18.9 Å². The Labute approximate surface area is 224 Å². The van der Waals surface area contributed by atoms with E-state index < -0.39 is 6.09 Å². The highest BCUT2D eigenvalue weighted by Crippen LogP contribution is 2.31. The molecule has 2 aromatic carbocycles. The monoisotopic (exact) mass is 533 g/mol. The van der Waals surface area contributed by atoms with Gasteiger partial charge in [-0.05, 0) is 74.5 Å². The lowest BCUT2D eigenvalue weighted by Gasteiger charge is -2.28. The highest BCUT2D eigenvalue weighted by molar-refractivity contribution is 6.30. The molecular weight excluding hydrogens is 506 g/mol. The first-order valence-electron chi connectivity index (χ1n) is 12.8. The molecule has 6 rings (SSSR count). The molecule has 0 bridgehead atoms. The van der Waals surface area contributed by atoms with Gasteiger partial charge in [-0.15, -0.1) is 0 Å². The molecule has 0 aliphatic carbocycles. The second kappa shape index (κ2) is 10.9. The Kier molecular flexibility index (Phi) is 7.08. The van der Waals surface area contributed by atoms with Crippen molar-refractivity contribution in [2.45, 2.75) is 18.9 Å². The number of amides is 1. The average Bonchev–Trinajstić information content (AvgIpc) is 3.39. The van der Waals surface area contributed by atoms with Gasteiger partial charge in [0.1, 0.15) is 11.6 Å². The molecule has 4 heterocycles. The van der Waals surface area contributed by atoms with Gasteiger partial charge in [0.2, 0.25) is 0 Å². The summed E-state index contributed by atoms with van der Waals surface area (Å²) in [5, 5.41) is 12.5. The van der Waals surface area contributed by atoms with Crippen LogP contribution in [0.15, 0.2) is 54.7 Å². The summed E-state index contributed by atoms with van der Waals surface area (Å²) in [6.45, 7) is 4.79. The molecule has 38 heavy (non-hydrogen) atoms. The molecule has 0 radical (unpaired) electrons. The zero-order valence-corrected chi connectivity index (χ0v) is 21.5. The summed E-state index contributed by atoms with van der Waals surface area (Å²) >= 11 is 5.89. The fourth-order valence-electron chi connectivity index (χ4n) is 4.83. The lowest BCUT2D eigenvalue weighted by molar-refractivity contribution is 0.122. The van der Waals surface area contributed by atoms with Crippen LogP contribution < -0.4 is 20.3 Å². The second-order valence-electron chi connectivity index (χ2n) is 9.32. The first kappa shape index (κ1) is 24.6. The third-order valence-corrected chi connectivity index (χ3v) is 7.06. The quantitative estimate of drug-likeness (QED) is 0.386. The number of aromatic nitrogens is 4. The predicted molar refractivity (Wildman–Crippen MR) is 146 cm³/mol. The van der Waals surface area contributed by atoms with Crippen LogP contribution in [-0.4, -0.2) is 65.2 Å². The normalized spacial score (nSPS) is 16.5. The number of hydrogen-bond donors (Lipinski definition) is 2. The van der Waals surface area contributed by atoms with Crippen molar-refractivity contribution in [2.24, 2.45) is 0 Å². The fourth-order valence-corrected chi connectivity index (χ4v) is 4.96. The number of morpholine rings is 1. The number of carbonyl (C=O) groups is 1.